The lowest BCUT2D eigenvalue weighted by molar-refractivity contribution is -0.122. The number of carbonyl (C=O) groups is 1. The molecular weight excluding hydrogens is 312 g/mol. The van der Waals surface area contributed by atoms with Crippen LogP contribution in [0.15, 0.2) is 30.3 Å². The van der Waals surface area contributed by atoms with Crippen LogP contribution in [0.1, 0.15) is 24.4 Å². The fraction of sp³-hybridized carbons (Fsp3) is 0.500. The second kappa shape index (κ2) is 6.77. The average Bonchev–Trinajstić information content (AvgIpc) is 3.14. The molecule has 1 fully saturated rings. The SMILES string of the molecule is CS(=O)(=O)CC1(CNC(=O)C(N)c2ccccc2)CC1.Cl. The molecule has 0 heterocycles. The number of carbonyl (C=O) groups excluding carboxylic acids is 1. The van der Waals surface area contributed by atoms with Crippen LogP contribution in [-0.4, -0.2) is 32.9 Å². The Morgan fingerprint density at radius 1 is 1.33 bits per heavy atom. The quantitative estimate of drug-likeness (QED) is 0.814. The van der Waals surface area contributed by atoms with E-state index in [1.165, 1.54) is 6.26 Å². The Labute approximate surface area is 131 Å². The Hall–Kier alpha value is -1.11. The van der Waals surface area contributed by atoms with Crippen molar-refractivity contribution in [1.82, 2.24) is 5.32 Å². The number of benzene rings is 1. The number of amides is 1. The van der Waals surface area contributed by atoms with Crippen molar-refractivity contribution in [3.8, 4) is 0 Å². The number of rotatable bonds is 6. The summed E-state index contributed by atoms with van der Waals surface area (Å²) in [5.41, 5.74) is 6.36. The molecule has 1 aliphatic carbocycles. The van der Waals surface area contributed by atoms with Crippen molar-refractivity contribution in [3.63, 3.8) is 0 Å². The Balaban J connectivity index is 0.00000220. The molecule has 0 aliphatic heterocycles. The van der Waals surface area contributed by atoms with Crippen LogP contribution in [0.2, 0.25) is 0 Å². The van der Waals surface area contributed by atoms with Crippen molar-refractivity contribution < 1.29 is 13.2 Å². The topological polar surface area (TPSA) is 89.3 Å². The first-order valence-electron chi connectivity index (χ1n) is 6.57. The minimum atomic E-state index is -3.02. The second-order valence-electron chi connectivity index (χ2n) is 5.68. The maximum atomic E-state index is 12.0. The molecule has 0 bridgehead atoms. The molecular formula is C14H21ClN2O3S. The number of sulfone groups is 1. The van der Waals surface area contributed by atoms with E-state index in [1.54, 1.807) is 12.1 Å². The van der Waals surface area contributed by atoms with Gasteiger partial charge in [-0.2, -0.15) is 0 Å². The number of hydrogen-bond donors (Lipinski definition) is 2. The van der Waals surface area contributed by atoms with E-state index in [0.717, 1.165) is 18.4 Å². The maximum absolute atomic E-state index is 12.0. The van der Waals surface area contributed by atoms with E-state index in [1.807, 2.05) is 18.2 Å². The molecule has 0 aromatic heterocycles. The van der Waals surface area contributed by atoms with Crippen molar-refractivity contribution in [2.45, 2.75) is 18.9 Å². The van der Waals surface area contributed by atoms with E-state index < -0.39 is 15.9 Å². The van der Waals surface area contributed by atoms with E-state index in [-0.39, 0.29) is 29.5 Å². The first-order valence-corrected chi connectivity index (χ1v) is 8.63. The highest BCUT2D eigenvalue weighted by Gasteiger charge is 2.45. The summed E-state index contributed by atoms with van der Waals surface area (Å²) in [7, 11) is -3.02. The van der Waals surface area contributed by atoms with Crippen molar-refractivity contribution >= 4 is 28.2 Å². The second-order valence-corrected chi connectivity index (χ2v) is 7.82. The van der Waals surface area contributed by atoms with E-state index in [4.69, 9.17) is 5.73 Å². The van der Waals surface area contributed by atoms with Crippen LogP contribution in [0.5, 0.6) is 0 Å². The van der Waals surface area contributed by atoms with Crippen LogP contribution in [0.25, 0.3) is 0 Å². The van der Waals surface area contributed by atoms with Gasteiger partial charge in [0, 0.05) is 18.2 Å². The summed E-state index contributed by atoms with van der Waals surface area (Å²) < 4.78 is 22.7. The normalized spacial score (nSPS) is 17.4. The summed E-state index contributed by atoms with van der Waals surface area (Å²) in [6, 6.07) is 8.40. The van der Waals surface area contributed by atoms with E-state index in [9.17, 15) is 13.2 Å². The Morgan fingerprint density at radius 2 is 1.90 bits per heavy atom. The van der Waals surface area contributed by atoms with Gasteiger partial charge in [-0.1, -0.05) is 30.3 Å². The van der Waals surface area contributed by atoms with Gasteiger partial charge in [-0.3, -0.25) is 4.79 Å². The monoisotopic (exact) mass is 332 g/mol. The summed E-state index contributed by atoms with van der Waals surface area (Å²) in [5.74, 6) is -0.142. The third kappa shape index (κ3) is 5.30. The molecule has 1 saturated carbocycles. The zero-order valence-electron chi connectivity index (χ0n) is 11.9. The molecule has 118 valence electrons. The van der Waals surface area contributed by atoms with Crippen LogP contribution >= 0.6 is 12.4 Å². The molecule has 1 amide bonds. The molecule has 0 radical (unpaired) electrons. The molecule has 0 spiro atoms. The number of hydrogen-bond acceptors (Lipinski definition) is 4. The summed E-state index contributed by atoms with van der Waals surface area (Å²) in [4.78, 5) is 12.0. The van der Waals surface area contributed by atoms with Gasteiger partial charge < -0.3 is 11.1 Å². The van der Waals surface area contributed by atoms with Crippen LogP contribution in [0, 0.1) is 5.41 Å². The first-order chi connectivity index (χ1) is 9.31. The molecule has 1 aromatic rings. The lowest BCUT2D eigenvalue weighted by atomic mass is 10.1. The maximum Gasteiger partial charge on any atom is 0.241 e. The fourth-order valence-corrected chi connectivity index (χ4v) is 3.80. The van der Waals surface area contributed by atoms with Gasteiger partial charge >= 0.3 is 0 Å². The molecule has 1 atom stereocenters. The lowest BCUT2D eigenvalue weighted by Crippen LogP contribution is -2.39. The predicted molar refractivity (Wildman–Crippen MR) is 85.0 cm³/mol. The highest BCUT2D eigenvalue weighted by atomic mass is 35.5. The zero-order chi connectivity index (χ0) is 14.8. The lowest BCUT2D eigenvalue weighted by Gasteiger charge is -2.17. The largest absolute Gasteiger partial charge is 0.354 e. The Morgan fingerprint density at radius 3 is 2.38 bits per heavy atom. The van der Waals surface area contributed by atoms with Crippen LogP contribution < -0.4 is 11.1 Å². The molecule has 0 saturated heterocycles. The van der Waals surface area contributed by atoms with E-state index in [0.29, 0.717) is 6.54 Å². The first kappa shape index (κ1) is 17.9. The minimum absolute atomic E-state index is 0. The van der Waals surface area contributed by atoms with Gasteiger partial charge in [0.25, 0.3) is 0 Å². The smallest absolute Gasteiger partial charge is 0.241 e. The number of nitrogens with one attached hydrogen (secondary N) is 1. The minimum Gasteiger partial charge on any atom is -0.354 e. The molecule has 7 heteroatoms. The van der Waals surface area contributed by atoms with Crippen LogP contribution in [0.4, 0.5) is 0 Å². The molecule has 1 aliphatic rings. The Bertz CT molecular complexity index is 585. The summed E-state index contributed by atoms with van der Waals surface area (Å²) in [6.45, 7) is 0.374. The van der Waals surface area contributed by atoms with Gasteiger partial charge in [-0.15, -0.1) is 12.4 Å². The van der Waals surface area contributed by atoms with E-state index >= 15 is 0 Å². The van der Waals surface area contributed by atoms with Crippen molar-refractivity contribution in [3.05, 3.63) is 35.9 Å². The molecule has 5 nitrogen and oxygen atoms in total. The fourth-order valence-electron chi connectivity index (χ4n) is 2.30. The van der Waals surface area contributed by atoms with Crippen molar-refractivity contribution in [2.24, 2.45) is 11.1 Å². The van der Waals surface area contributed by atoms with Crippen LogP contribution in [-0.2, 0) is 14.6 Å². The van der Waals surface area contributed by atoms with Gasteiger partial charge in [0.05, 0.1) is 5.75 Å². The average molecular weight is 333 g/mol. The van der Waals surface area contributed by atoms with Gasteiger partial charge in [0.1, 0.15) is 15.9 Å². The summed E-state index contributed by atoms with van der Waals surface area (Å²) in [6.07, 6.45) is 2.90. The van der Waals surface area contributed by atoms with Crippen LogP contribution in [0.3, 0.4) is 0 Å². The molecule has 21 heavy (non-hydrogen) atoms. The molecule has 1 aromatic carbocycles. The molecule has 1 unspecified atom stereocenters. The van der Waals surface area contributed by atoms with Gasteiger partial charge in [-0.05, 0) is 18.4 Å². The molecule has 2 rings (SSSR count). The number of halogens is 1. The van der Waals surface area contributed by atoms with Crippen molar-refractivity contribution in [2.75, 3.05) is 18.6 Å². The summed E-state index contributed by atoms with van der Waals surface area (Å²) >= 11 is 0. The third-order valence-corrected chi connectivity index (χ3v) is 4.74. The van der Waals surface area contributed by atoms with Gasteiger partial charge in [-0.25, -0.2) is 8.42 Å². The number of nitrogens with two attached hydrogens (primary N) is 1. The van der Waals surface area contributed by atoms with E-state index in [2.05, 4.69) is 5.32 Å². The van der Waals surface area contributed by atoms with Gasteiger partial charge in [0.15, 0.2) is 0 Å². The standard InChI is InChI=1S/C14H20N2O3S.ClH/c1-20(18,19)10-14(7-8-14)9-16-13(17)12(15)11-5-3-2-4-6-11;/h2-6,12H,7-10,15H2,1H3,(H,16,17);1H. The predicted octanol–water partition coefficient (Wildman–Crippen LogP) is 1.05. The molecule has 3 N–H and O–H groups in total. The summed E-state index contributed by atoms with van der Waals surface area (Å²) in [5, 5.41) is 2.78. The van der Waals surface area contributed by atoms with Gasteiger partial charge in [0.2, 0.25) is 5.91 Å². The Kier molecular flexibility index (Phi) is 5.78. The third-order valence-electron chi connectivity index (χ3n) is 3.60. The highest BCUT2D eigenvalue weighted by Crippen LogP contribution is 2.46. The van der Waals surface area contributed by atoms with Crippen molar-refractivity contribution in [1.29, 1.82) is 0 Å². The highest BCUT2D eigenvalue weighted by molar-refractivity contribution is 7.90. The zero-order valence-corrected chi connectivity index (χ0v) is 13.5.